The molecule has 0 unspecified atom stereocenters. The van der Waals surface area contributed by atoms with Crippen molar-refractivity contribution in [2.45, 2.75) is 0 Å². The van der Waals surface area contributed by atoms with E-state index in [-0.39, 0.29) is 11.7 Å². The second-order valence-electron chi connectivity index (χ2n) is 4.65. The van der Waals surface area contributed by atoms with Gasteiger partial charge in [-0.1, -0.05) is 12.1 Å². The maximum absolute atomic E-state index is 12.1. The SMILES string of the molecule is O=C(Nc1cccc(O)c1)c1ccc(-c2ccccn2)nc1. The highest BCUT2D eigenvalue weighted by molar-refractivity contribution is 6.04. The predicted octanol–water partition coefficient (Wildman–Crippen LogP) is 3.10. The Morgan fingerprint density at radius 3 is 2.50 bits per heavy atom. The number of aromatic nitrogens is 2. The number of pyridine rings is 2. The molecule has 22 heavy (non-hydrogen) atoms. The van der Waals surface area contributed by atoms with Gasteiger partial charge in [0.15, 0.2) is 0 Å². The van der Waals surface area contributed by atoms with Crippen LogP contribution in [0.2, 0.25) is 0 Å². The summed E-state index contributed by atoms with van der Waals surface area (Å²) in [6, 6.07) is 15.4. The van der Waals surface area contributed by atoms with E-state index in [1.54, 1.807) is 36.5 Å². The first-order valence-corrected chi connectivity index (χ1v) is 6.70. The smallest absolute Gasteiger partial charge is 0.257 e. The van der Waals surface area contributed by atoms with E-state index in [0.717, 1.165) is 5.69 Å². The Morgan fingerprint density at radius 2 is 1.82 bits per heavy atom. The van der Waals surface area contributed by atoms with Crippen LogP contribution in [-0.4, -0.2) is 21.0 Å². The van der Waals surface area contributed by atoms with Gasteiger partial charge in [-0.15, -0.1) is 0 Å². The van der Waals surface area contributed by atoms with E-state index in [1.807, 2.05) is 18.2 Å². The Labute approximate surface area is 127 Å². The molecule has 2 heterocycles. The largest absolute Gasteiger partial charge is 0.508 e. The zero-order valence-corrected chi connectivity index (χ0v) is 11.6. The van der Waals surface area contributed by atoms with Gasteiger partial charge in [0.2, 0.25) is 0 Å². The van der Waals surface area contributed by atoms with E-state index in [0.29, 0.717) is 16.9 Å². The molecule has 2 aromatic heterocycles. The molecular formula is C17H13N3O2. The third kappa shape index (κ3) is 3.09. The molecule has 1 aromatic carbocycles. The second kappa shape index (κ2) is 6.05. The van der Waals surface area contributed by atoms with Crippen LogP contribution < -0.4 is 5.32 Å². The molecule has 3 aromatic rings. The molecule has 5 nitrogen and oxygen atoms in total. The molecule has 5 heteroatoms. The molecule has 1 amide bonds. The quantitative estimate of drug-likeness (QED) is 0.777. The molecule has 0 bridgehead atoms. The van der Waals surface area contributed by atoms with Crippen molar-refractivity contribution in [2.24, 2.45) is 0 Å². The van der Waals surface area contributed by atoms with Crippen LogP contribution in [-0.2, 0) is 0 Å². The van der Waals surface area contributed by atoms with Crippen LogP contribution in [0.3, 0.4) is 0 Å². The van der Waals surface area contributed by atoms with Gasteiger partial charge in [0.1, 0.15) is 5.75 Å². The Bertz CT molecular complexity index is 787. The molecule has 0 spiro atoms. The topological polar surface area (TPSA) is 75.1 Å². The molecule has 0 aliphatic rings. The molecule has 3 rings (SSSR count). The molecule has 0 saturated carbocycles. The Morgan fingerprint density at radius 1 is 0.955 bits per heavy atom. The van der Waals surface area contributed by atoms with Crippen LogP contribution >= 0.6 is 0 Å². The van der Waals surface area contributed by atoms with Crippen LogP contribution in [0.25, 0.3) is 11.4 Å². The molecule has 0 fully saturated rings. The van der Waals surface area contributed by atoms with E-state index < -0.39 is 0 Å². The lowest BCUT2D eigenvalue weighted by Crippen LogP contribution is -2.12. The van der Waals surface area contributed by atoms with Crippen molar-refractivity contribution in [3.63, 3.8) is 0 Å². The highest BCUT2D eigenvalue weighted by atomic mass is 16.3. The van der Waals surface area contributed by atoms with E-state index >= 15 is 0 Å². The number of phenols is 1. The van der Waals surface area contributed by atoms with Crippen molar-refractivity contribution in [1.29, 1.82) is 0 Å². The number of amides is 1. The van der Waals surface area contributed by atoms with Gasteiger partial charge in [-0.05, 0) is 36.4 Å². The number of hydrogen-bond donors (Lipinski definition) is 2. The minimum Gasteiger partial charge on any atom is -0.508 e. The molecule has 0 aliphatic heterocycles. The minimum atomic E-state index is -0.286. The number of hydrogen-bond acceptors (Lipinski definition) is 4. The van der Waals surface area contributed by atoms with Crippen LogP contribution in [0.4, 0.5) is 5.69 Å². The molecule has 0 radical (unpaired) electrons. The molecule has 0 atom stereocenters. The van der Waals surface area contributed by atoms with Gasteiger partial charge in [0, 0.05) is 24.1 Å². The fourth-order valence-corrected chi connectivity index (χ4v) is 1.98. The number of phenolic OH excluding ortho intramolecular Hbond substituents is 1. The van der Waals surface area contributed by atoms with Gasteiger partial charge in [0.25, 0.3) is 5.91 Å². The number of aromatic hydroxyl groups is 1. The lowest BCUT2D eigenvalue weighted by atomic mass is 10.2. The molecule has 0 aliphatic carbocycles. The summed E-state index contributed by atoms with van der Waals surface area (Å²) in [5, 5.41) is 12.1. The monoisotopic (exact) mass is 291 g/mol. The van der Waals surface area contributed by atoms with Gasteiger partial charge in [-0.2, -0.15) is 0 Å². The number of benzene rings is 1. The van der Waals surface area contributed by atoms with Crippen LogP contribution in [0.15, 0.2) is 67.0 Å². The average molecular weight is 291 g/mol. The maximum atomic E-state index is 12.1. The first-order chi connectivity index (χ1) is 10.7. The Balaban J connectivity index is 1.76. The lowest BCUT2D eigenvalue weighted by Gasteiger charge is -2.06. The first-order valence-electron chi connectivity index (χ1n) is 6.70. The summed E-state index contributed by atoms with van der Waals surface area (Å²) in [7, 11) is 0. The van der Waals surface area contributed by atoms with Crippen molar-refractivity contribution in [3.05, 3.63) is 72.6 Å². The highest BCUT2D eigenvalue weighted by Gasteiger charge is 2.08. The summed E-state index contributed by atoms with van der Waals surface area (Å²) in [5.41, 5.74) is 2.42. The van der Waals surface area contributed by atoms with E-state index in [9.17, 15) is 9.90 Å². The Hall–Kier alpha value is -3.21. The standard InChI is InChI=1S/C17H13N3O2/c21-14-5-3-4-13(10-14)20-17(22)12-7-8-16(19-11-12)15-6-1-2-9-18-15/h1-11,21H,(H,20,22). The summed E-state index contributed by atoms with van der Waals surface area (Å²) in [6.45, 7) is 0. The van der Waals surface area contributed by atoms with Gasteiger partial charge < -0.3 is 10.4 Å². The van der Waals surface area contributed by atoms with Gasteiger partial charge in [0.05, 0.1) is 17.0 Å². The number of carbonyl (C=O) groups excluding carboxylic acids is 1. The summed E-state index contributed by atoms with van der Waals surface area (Å²) in [4.78, 5) is 20.6. The third-order valence-electron chi connectivity index (χ3n) is 3.06. The normalized spacial score (nSPS) is 10.2. The predicted molar refractivity (Wildman–Crippen MR) is 83.5 cm³/mol. The fourth-order valence-electron chi connectivity index (χ4n) is 1.98. The molecule has 0 saturated heterocycles. The highest BCUT2D eigenvalue weighted by Crippen LogP contribution is 2.17. The number of carbonyl (C=O) groups is 1. The van der Waals surface area contributed by atoms with E-state index in [4.69, 9.17) is 0 Å². The molecule has 108 valence electrons. The van der Waals surface area contributed by atoms with Crippen molar-refractivity contribution in [3.8, 4) is 17.1 Å². The van der Waals surface area contributed by atoms with Crippen molar-refractivity contribution in [2.75, 3.05) is 5.32 Å². The summed E-state index contributed by atoms with van der Waals surface area (Å²) in [5.74, 6) is -0.188. The van der Waals surface area contributed by atoms with Gasteiger partial charge in [-0.3, -0.25) is 14.8 Å². The van der Waals surface area contributed by atoms with Crippen LogP contribution in [0.1, 0.15) is 10.4 Å². The van der Waals surface area contributed by atoms with Gasteiger partial charge >= 0.3 is 0 Å². The number of anilines is 1. The second-order valence-corrected chi connectivity index (χ2v) is 4.65. The number of nitrogens with one attached hydrogen (secondary N) is 1. The van der Waals surface area contributed by atoms with Crippen LogP contribution in [0, 0.1) is 0 Å². The van der Waals surface area contributed by atoms with Gasteiger partial charge in [-0.25, -0.2) is 0 Å². The molecular weight excluding hydrogens is 278 g/mol. The molecule has 2 N–H and O–H groups in total. The van der Waals surface area contributed by atoms with E-state index in [1.165, 1.54) is 12.3 Å². The lowest BCUT2D eigenvalue weighted by molar-refractivity contribution is 0.102. The first kappa shape index (κ1) is 13.8. The van der Waals surface area contributed by atoms with Crippen molar-refractivity contribution < 1.29 is 9.90 Å². The third-order valence-corrected chi connectivity index (χ3v) is 3.06. The zero-order valence-electron chi connectivity index (χ0n) is 11.6. The number of nitrogens with zero attached hydrogens (tertiary/aromatic N) is 2. The average Bonchev–Trinajstić information content (AvgIpc) is 2.56. The summed E-state index contributed by atoms with van der Waals surface area (Å²) >= 11 is 0. The number of rotatable bonds is 3. The fraction of sp³-hybridized carbons (Fsp3) is 0. The van der Waals surface area contributed by atoms with Crippen molar-refractivity contribution in [1.82, 2.24) is 9.97 Å². The van der Waals surface area contributed by atoms with E-state index in [2.05, 4.69) is 15.3 Å². The minimum absolute atomic E-state index is 0.0985. The Kier molecular flexibility index (Phi) is 3.78. The zero-order chi connectivity index (χ0) is 15.4. The maximum Gasteiger partial charge on any atom is 0.257 e. The van der Waals surface area contributed by atoms with Crippen molar-refractivity contribution >= 4 is 11.6 Å². The summed E-state index contributed by atoms with van der Waals surface area (Å²) < 4.78 is 0. The summed E-state index contributed by atoms with van der Waals surface area (Å²) in [6.07, 6.45) is 3.20. The van der Waals surface area contributed by atoms with Crippen LogP contribution in [0.5, 0.6) is 5.75 Å².